The Bertz CT molecular complexity index is 233. The summed E-state index contributed by atoms with van der Waals surface area (Å²) in [6, 6.07) is 0. The highest BCUT2D eigenvalue weighted by atomic mass is 15.0. The number of imidazole rings is 1. The molecule has 1 aromatic rings. The molecule has 0 unspecified atom stereocenters. The molecule has 0 bridgehead atoms. The van der Waals surface area contributed by atoms with E-state index >= 15 is 0 Å². The van der Waals surface area contributed by atoms with Crippen molar-refractivity contribution in [1.82, 2.24) is 4.98 Å². The largest absolute Gasteiger partial charge is 0.278 e. The Morgan fingerprint density at radius 2 is 2.20 bits per heavy atom. The second-order valence-corrected chi connectivity index (χ2v) is 2.07. The first-order valence-corrected chi connectivity index (χ1v) is 3.12. The molecule has 0 aromatic carbocycles. The molecule has 0 saturated carbocycles. The monoisotopic (exact) mass is 135 g/mol. The third kappa shape index (κ3) is 0.880. The minimum atomic E-state index is 0.995. The molecule has 1 aromatic heterocycles. The van der Waals surface area contributed by atoms with E-state index in [1.807, 2.05) is 17.8 Å². The molecular formula is C8H11N2+. The number of aromatic nitrogens is 2. The number of nitrogens with zero attached hydrogens (tertiary/aromatic N) is 1. The Labute approximate surface area is 60.5 Å². The fourth-order valence-electron chi connectivity index (χ4n) is 0.872. The van der Waals surface area contributed by atoms with Gasteiger partial charge in [-0.25, -0.2) is 9.55 Å². The van der Waals surface area contributed by atoms with E-state index in [-0.39, 0.29) is 0 Å². The van der Waals surface area contributed by atoms with Crippen LogP contribution in [-0.4, -0.2) is 4.98 Å². The number of hydrogen-bond acceptors (Lipinski definition) is 0. The molecule has 0 atom stereocenters. The van der Waals surface area contributed by atoms with Crippen LogP contribution in [0.3, 0.4) is 0 Å². The molecule has 10 heavy (non-hydrogen) atoms. The molecule has 0 aliphatic heterocycles. The Hall–Kier alpha value is -1.31. The van der Waals surface area contributed by atoms with Crippen LogP contribution in [0.15, 0.2) is 19.4 Å². The molecule has 0 amide bonds. The standard InChI is InChI=1S/C8H10N2/c1-4-7-6-9-8(5-2)10(7)3/h4-6H,1-2H2,3H3/p+1. The van der Waals surface area contributed by atoms with Gasteiger partial charge in [-0.05, 0) is 6.08 Å². The molecule has 1 rings (SSSR count). The number of hydrogen-bond donors (Lipinski definition) is 1. The van der Waals surface area contributed by atoms with Crippen molar-refractivity contribution in [2.75, 3.05) is 0 Å². The van der Waals surface area contributed by atoms with E-state index < -0.39 is 0 Å². The van der Waals surface area contributed by atoms with E-state index in [4.69, 9.17) is 0 Å². The zero-order valence-electron chi connectivity index (χ0n) is 6.09. The van der Waals surface area contributed by atoms with Crippen LogP contribution in [-0.2, 0) is 7.05 Å². The normalized spacial score (nSPS) is 9.30. The smallest absolute Gasteiger partial charge is 0.243 e. The maximum Gasteiger partial charge on any atom is 0.278 e. The highest BCUT2D eigenvalue weighted by molar-refractivity contribution is 5.40. The second kappa shape index (κ2) is 2.52. The highest BCUT2D eigenvalue weighted by Crippen LogP contribution is 1.94. The van der Waals surface area contributed by atoms with Gasteiger partial charge in [-0.2, -0.15) is 0 Å². The Morgan fingerprint density at radius 1 is 1.50 bits per heavy atom. The van der Waals surface area contributed by atoms with Gasteiger partial charge in [0.2, 0.25) is 0 Å². The van der Waals surface area contributed by atoms with Crippen molar-refractivity contribution in [1.29, 1.82) is 0 Å². The minimum Gasteiger partial charge on any atom is -0.243 e. The first kappa shape index (κ1) is 6.81. The number of rotatable bonds is 2. The SMILES string of the molecule is C=Cc1c[nH]c(C=C)[n+]1C. The Kier molecular flexibility index (Phi) is 1.71. The average molecular weight is 135 g/mol. The van der Waals surface area contributed by atoms with Crippen molar-refractivity contribution >= 4 is 12.2 Å². The van der Waals surface area contributed by atoms with Crippen LogP contribution in [0.25, 0.3) is 12.2 Å². The average Bonchev–Trinajstić information content (AvgIpc) is 2.30. The van der Waals surface area contributed by atoms with Crippen LogP contribution in [0, 0.1) is 0 Å². The highest BCUT2D eigenvalue weighted by Gasteiger charge is 2.05. The number of H-pyrrole nitrogens is 1. The fourth-order valence-corrected chi connectivity index (χ4v) is 0.872. The van der Waals surface area contributed by atoms with Crippen molar-refractivity contribution < 1.29 is 4.57 Å². The van der Waals surface area contributed by atoms with Crippen LogP contribution in [0.4, 0.5) is 0 Å². The van der Waals surface area contributed by atoms with E-state index in [0.29, 0.717) is 0 Å². The maximum absolute atomic E-state index is 3.66. The molecule has 0 aliphatic carbocycles. The molecule has 0 saturated heterocycles. The summed E-state index contributed by atoms with van der Waals surface area (Å²) in [5, 5.41) is 0. The molecule has 1 heterocycles. The third-order valence-corrected chi connectivity index (χ3v) is 1.52. The number of aromatic amines is 1. The lowest BCUT2D eigenvalue weighted by Gasteiger charge is -1.86. The van der Waals surface area contributed by atoms with Gasteiger partial charge in [0, 0.05) is 6.08 Å². The summed E-state index contributed by atoms with van der Waals surface area (Å²) in [6.07, 6.45) is 5.46. The summed E-state index contributed by atoms with van der Waals surface area (Å²) in [6.45, 7) is 7.32. The summed E-state index contributed by atoms with van der Waals surface area (Å²) in [5.74, 6) is 0.995. The summed E-state index contributed by atoms with van der Waals surface area (Å²) < 4.78 is 1.99. The van der Waals surface area contributed by atoms with Gasteiger partial charge in [0.1, 0.15) is 6.20 Å². The van der Waals surface area contributed by atoms with Crippen LogP contribution in [0.1, 0.15) is 11.5 Å². The molecule has 0 aliphatic rings. The first-order valence-electron chi connectivity index (χ1n) is 3.12. The van der Waals surface area contributed by atoms with Crippen LogP contribution in [0.5, 0.6) is 0 Å². The van der Waals surface area contributed by atoms with Crippen LogP contribution in [0.2, 0.25) is 0 Å². The Balaban J connectivity index is 3.20. The molecule has 2 nitrogen and oxygen atoms in total. The molecular weight excluding hydrogens is 124 g/mol. The van der Waals surface area contributed by atoms with Crippen LogP contribution < -0.4 is 4.57 Å². The maximum atomic E-state index is 3.66. The van der Waals surface area contributed by atoms with Crippen molar-refractivity contribution in [2.24, 2.45) is 7.05 Å². The Morgan fingerprint density at radius 3 is 2.50 bits per heavy atom. The third-order valence-electron chi connectivity index (χ3n) is 1.52. The van der Waals surface area contributed by atoms with E-state index in [0.717, 1.165) is 11.5 Å². The lowest BCUT2D eigenvalue weighted by atomic mass is 10.4. The van der Waals surface area contributed by atoms with Gasteiger partial charge < -0.3 is 0 Å². The van der Waals surface area contributed by atoms with Gasteiger partial charge >= 0.3 is 0 Å². The summed E-state index contributed by atoms with van der Waals surface area (Å²) in [4.78, 5) is 3.05. The number of nitrogens with one attached hydrogen (secondary N) is 1. The van der Waals surface area contributed by atoms with Crippen molar-refractivity contribution in [3.63, 3.8) is 0 Å². The van der Waals surface area contributed by atoms with Gasteiger partial charge in [0.25, 0.3) is 5.82 Å². The first-order chi connectivity index (χ1) is 4.79. The molecule has 0 radical (unpaired) electrons. The molecule has 1 N–H and O–H groups in total. The predicted octanol–water partition coefficient (Wildman–Crippen LogP) is 1.13. The lowest BCUT2D eigenvalue weighted by Crippen LogP contribution is -2.32. The molecule has 52 valence electrons. The fraction of sp³-hybridized carbons (Fsp3) is 0.125. The van der Waals surface area contributed by atoms with E-state index in [1.165, 1.54) is 0 Å². The topological polar surface area (TPSA) is 19.7 Å². The lowest BCUT2D eigenvalue weighted by molar-refractivity contribution is -0.673. The van der Waals surface area contributed by atoms with Crippen molar-refractivity contribution in [3.8, 4) is 0 Å². The van der Waals surface area contributed by atoms with E-state index in [2.05, 4.69) is 18.1 Å². The predicted molar refractivity (Wildman–Crippen MR) is 42.2 cm³/mol. The quantitative estimate of drug-likeness (QED) is 0.586. The van der Waals surface area contributed by atoms with E-state index in [9.17, 15) is 0 Å². The molecule has 0 fully saturated rings. The van der Waals surface area contributed by atoms with Gasteiger partial charge in [-0.3, -0.25) is 0 Å². The summed E-state index contributed by atoms with van der Waals surface area (Å²) in [5.41, 5.74) is 1.06. The molecule has 0 spiro atoms. The zero-order chi connectivity index (χ0) is 7.56. The minimum absolute atomic E-state index is 0.995. The summed E-state index contributed by atoms with van der Waals surface area (Å²) >= 11 is 0. The van der Waals surface area contributed by atoms with E-state index in [1.54, 1.807) is 12.2 Å². The van der Waals surface area contributed by atoms with Crippen molar-refractivity contribution in [3.05, 3.63) is 30.9 Å². The zero-order valence-corrected chi connectivity index (χ0v) is 6.09. The van der Waals surface area contributed by atoms with Gasteiger partial charge in [-0.1, -0.05) is 13.2 Å². The van der Waals surface area contributed by atoms with Crippen molar-refractivity contribution in [2.45, 2.75) is 0 Å². The van der Waals surface area contributed by atoms with Gasteiger partial charge in [-0.15, -0.1) is 0 Å². The van der Waals surface area contributed by atoms with Gasteiger partial charge in [0.15, 0.2) is 5.69 Å². The summed E-state index contributed by atoms with van der Waals surface area (Å²) in [7, 11) is 1.96. The molecule has 2 heteroatoms. The second-order valence-electron chi connectivity index (χ2n) is 2.07. The van der Waals surface area contributed by atoms with Gasteiger partial charge in [0.05, 0.1) is 7.05 Å². The van der Waals surface area contributed by atoms with Crippen LogP contribution >= 0.6 is 0 Å².